The van der Waals surface area contributed by atoms with E-state index in [1.54, 1.807) is 6.92 Å². The number of amides is 1. The molecule has 0 spiro atoms. The number of aliphatic hydroxyl groups is 1. The highest BCUT2D eigenvalue weighted by molar-refractivity contribution is 5.83. The number of hydrogen-bond acceptors (Lipinski definition) is 3. The van der Waals surface area contributed by atoms with E-state index in [9.17, 15) is 9.90 Å². The van der Waals surface area contributed by atoms with Crippen LogP contribution in [0.2, 0.25) is 0 Å². The second-order valence-electron chi connectivity index (χ2n) is 6.63. The Kier molecular flexibility index (Phi) is 4.05. The molecule has 1 aliphatic heterocycles. The van der Waals surface area contributed by atoms with Crippen LogP contribution >= 0.6 is 0 Å². The Labute approximate surface area is 146 Å². The van der Waals surface area contributed by atoms with Gasteiger partial charge in [0.1, 0.15) is 6.54 Å². The highest BCUT2D eigenvalue weighted by Gasteiger charge is 2.22. The van der Waals surface area contributed by atoms with Crippen LogP contribution in [0.5, 0.6) is 0 Å². The minimum absolute atomic E-state index is 0.106. The summed E-state index contributed by atoms with van der Waals surface area (Å²) in [7, 11) is 0. The van der Waals surface area contributed by atoms with Crippen molar-refractivity contribution in [3.05, 3.63) is 54.0 Å². The molecule has 0 saturated heterocycles. The Morgan fingerprint density at radius 2 is 2.12 bits per heavy atom. The summed E-state index contributed by atoms with van der Waals surface area (Å²) in [5.41, 5.74) is 2.73. The zero-order chi connectivity index (χ0) is 17.4. The van der Waals surface area contributed by atoms with Gasteiger partial charge in [0.2, 0.25) is 5.91 Å². The van der Waals surface area contributed by atoms with Crippen LogP contribution in [0.1, 0.15) is 30.8 Å². The molecule has 0 saturated carbocycles. The lowest BCUT2D eigenvalue weighted by atomic mass is 10.2. The van der Waals surface area contributed by atoms with Gasteiger partial charge in [-0.2, -0.15) is 5.10 Å². The van der Waals surface area contributed by atoms with Crippen molar-refractivity contribution >= 4 is 16.8 Å². The molecule has 130 valence electrons. The summed E-state index contributed by atoms with van der Waals surface area (Å²) in [4.78, 5) is 14.7. The molecule has 0 unspecified atom stereocenters. The fourth-order valence-electron chi connectivity index (χ4n) is 3.43. The molecule has 0 aliphatic carbocycles. The number of hydrogen-bond donors (Lipinski definition) is 1. The lowest BCUT2D eigenvalue weighted by Gasteiger charge is -2.20. The molecule has 1 aromatic carbocycles. The molecule has 1 atom stereocenters. The highest BCUT2D eigenvalue weighted by Crippen LogP contribution is 2.19. The van der Waals surface area contributed by atoms with E-state index in [0.29, 0.717) is 18.8 Å². The molecule has 1 N–H and O–H groups in total. The van der Waals surface area contributed by atoms with Crippen LogP contribution in [-0.2, 0) is 24.4 Å². The van der Waals surface area contributed by atoms with Gasteiger partial charge in [-0.15, -0.1) is 0 Å². The molecule has 6 heteroatoms. The first-order valence-corrected chi connectivity index (χ1v) is 8.68. The molecule has 0 radical (unpaired) electrons. The van der Waals surface area contributed by atoms with E-state index in [1.165, 1.54) is 0 Å². The van der Waals surface area contributed by atoms with Crippen LogP contribution in [0.15, 0.2) is 42.6 Å². The van der Waals surface area contributed by atoms with E-state index < -0.39 is 6.10 Å². The molecule has 2 aromatic heterocycles. The van der Waals surface area contributed by atoms with Gasteiger partial charge in [-0.25, -0.2) is 0 Å². The molecular weight excluding hydrogens is 316 g/mol. The summed E-state index contributed by atoms with van der Waals surface area (Å²) in [6, 6.07) is 12.0. The van der Waals surface area contributed by atoms with Gasteiger partial charge >= 0.3 is 0 Å². The average molecular weight is 338 g/mol. The third-order valence-corrected chi connectivity index (χ3v) is 4.80. The molecule has 1 amide bonds. The lowest BCUT2D eigenvalue weighted by molar-refractivity contribution is -0.132. The van der Waals surface area contributed by atoms with Crippen molar-refractivity contribution in [2.75, 3.05) is 6.54 Å². The van der Waals surface area contributed by atoms with Crippen molar-refractivity contribution in [3.8, 4) is 0 Å². The topological polar surface area (TPSA) is 63.3 Å². The first-order valence-electron chi connectivity index (χ1n) is 8.68. The number of aryl methyl sites for hydroxylation is 1. The van der Waals surface area contributed by atoms with Crippen molar-refractivity contribution < 1.29 is 9.90 Å². The smallest absolute Gasteiger partial charge is 0.242 e. The van der Waals surface area contributed by atoms with Crippen molar-refractivity contribution in [3.63, 3.8) is 0 Å². The quantitative estimate of drug-likeness (QED) is 0.797. The van der Waals surface area contributed by atoms with Gasteiger partial charge in [0.25, 0.3) is 0 Å². The third kappa shape index (κ3) is 3.05. The first-order chi connectivity index (χ1) is 12.1. The summed E-state index contributed by atoms with van der Waals surface area (Å²) < 4.78 is 3.92. The Balaban J connectivity index is 1.53. The normalized spacial score (nSPS) is 15.8. The number of carbonyl (C=O) groups excluding carboxylic acids is 1. The molecule has 1 aliphatic rings. The number of carbonyl (C=O) groups is 1. The number of rotatable bonds is 3. The van der Waals surface area contributed by atoms with Crippen LogP contribution in [0.4, 0.5) is 0 Å². The van der Waals surface area contributed by atoms with Crippen LogP contribution < -0.4 is 0 Å². The van der Waals surface area contributed by atoms with Gasteiger partial charge < -0.3 is 14.6 Å². The van der Waals surface area contributed by atoms with Gasteiger partial charge in [-0.1, -0.05) is 18.2 Å². The van der Waals surface area contributed by atoms with Crippen LogP contribution in [0.3, 0.4) is 0 Å². The molecule has 3 aromatic rings. The van der Waals surface area contributed by atoms with E-state index >= 15 is 0 Å². The van der Waals surface area contributed by atoms with Gasteiger partial charge in [0.05, 0.1) is 24.0 Å². The fourth-order valence-corrected chi connectivity index (χ4v) is 3.43. The SMILES string of the molecule is C[C@H](O)c1cc2n(n1)CCCN(C(=O)Cn1ccc3ccccc31)C2. The molecule has 25 heavy (non-hydrogen) atoms. The summed E-state index contributed by atoms with van der Waals surface area (Å²) in [6.45, 7) is 4.09. The predicted molar refractivity (Wildman–Crippen MR) is 94.8 cm³/mol. The molecule has 6 nitrogen and oxygen atoms in total. The molecule has 0 bridgehead atoms. The summed E-state index contributed by atoms with van der Waals surface area (Å²) in [5.74, 6) is 0.106. The number of fused-ring (bicyclic) bond motifs is 2. The lowest BCUT2D eigenvalue weighted by Crippen LogP contribution is -2.33. The molecular formula is C19H22N4O2. The van der Waals surface area contributed by atoms with E-state index in [1.807, 2.05) is 50.7 Å². The second kappa shape index (κ2) is 6.37. The van der Waals surface area contributed by atoms with Gasteiger partial charge in [0.15, 0.2) is 0 Å². The second-order valence-corrected chi connectivity index (χ2v) is 6.63. The zero-order valence-corrected chi connectivity index (χ0v) is 14.3. The van der Waals surface area contributed by atoms with Gasteiger partial charge in [-0.05, 0) is 36.9 Å². The Bertz CT molecular complexity index is 909. The van der Waals surface area contributed by atoms with Crippen molar-refractivity contribution in [1.29, 1.82) is 0 Å². The zero-order valence-electron chi connectivity index (χ0n) is 14.3. The summed E-state index contributed by atoms with van der Waals surface area (Å²) in [6.07, 6.45) is 2.25. The number of nitrogens with zero attached hydrogens (tertiary/aromatic N) is 4. The fraction of sp³-hybridized carbons (Fsp3) is 0.368. The van der Waals surface area contributed by atoms with E-state index in [4.69, 9.17) is 0 Å². The number of benzene rings is 1. The predicted octanol–water partition coefficient (Wildman–Crippen LogP) is 2.32. The largest absolute Gasteiger partial charge is 0.387 e. The molecule has 4 rings (SSSR count). The van der Waals surface area contributed by atoms with E-state index in [0.717, 1.165) is 36.1 Å². The number of aromatic nitrogens is 3. The number of aliphatic hydroxyl groups excluding tert-OH is 1. The monoisotopic (exact) mass is 338 g/mol. The average Bonchev–Trinajstić information content (AvgIpc) is 3.14. The summed E-state index contributed by atoms with van der Waals surface area (Å²) >= 11 is 0. The highest BCUT2D eigenvalue weighted by atomic mass is 16.3. The van der Waals surface area contributed by atoms with Gasteiger partial charge in [-0.3, -0.25) is 9.48 Å². The first kappa shape index (κ1) is 15.9. The Morgan fingerprint density at radius 1 is 1.28 bits per heavy atom. The minimum Gasteiger partial charge on any atom is -0.387 e. The minimum atomic E-state index is -0.588. The van der Waals surface area contributed by atoms with Gasteiger partial charge in [0, 0.05) is 24.8 Å². The maximum atomic E-state index is 12.8. The number of para-hydroxylation sites is 1. The molecule has 0 fully saturated rings. The van der Waals surface area contributed by atoms with Crippen LogP contribution in [0, 0.1) is 0 Å². The Hall–Kier alpha value is -2.60. The van der Waals surface area contributed by atoms with E-state index in [2.05, 4.69) is 11.2 Å². The van der Waals surface area contributed by atoms with Crippen LogP contribution in [0.25, 0.3) is 10.9 Å². The third-order valence-electron chi connectivity index (χ3n) is 4.80. The Morgan fingerprint density at radius 3 is 2.96 bits per heavy atom. The van der Waals surface area contributed by atoms with Crippen molar-refractivity contribution in [2.45, 2.75) is 39.1 Å². The van der Waals surface area contributed by atoms with E-state index in [-0.39, 0.29) is 5.91 Å². The van der Waals surface area contributed by atoms with Crippen LogP contribution in [-0.4, -0.2) is 36.8 Å². The standard InChI is InChI=1S/C19H22N4O2/c1-14(24)17-11-16-12-22(8-4-9-23(16)20-17)19(25)13-21-10-7-15-5-2-3-6-18(15)21/h2-3,5-7,10-11,14,24H,4,8-9,12-13H2,1H3/t14-/m0/s1. The maximum absolute atomic E-state index is 12.8. The maximum Gasteiger partial charge on any atom is 0.242 e. The molecule has 3 heterocycles. The summed E-state index contributed by atoms with van der Waals surface area (Å²) in [5, 5.41) is 15.3. The van der Waals surface area contributed by atoms with Crippen molar-refractivity contribution in [1.82, 2.24) is 19.2 Å². The van der Waals surface area contributed by atoms with Crippen molar-refractivity contribution in [2.24, 2.45) is 0 Å².